The van der Waals surface area contributed by atoms with Crippen molar-refractivity contribution in [2.75, 3.05) is 24.4 Å². The summed E-state index contributed by atoms with van der Waals surface area (Å²) in [7, 11) is 0. The normalized spacial score (nSPS) is 15.1. The Morgan fingerprint density at radius 1 is 1.00 bits per heavy atom. The lowest BCUT2D eigenvalue weighted by Crippen LogP contribution is -2.58. The van der Waals surface area contributed by atoms with Crippen molar-refractivity contribution in [3.8, 4) is 0 Å². The van der Waals surface area contributed by atoms with Gasteiger partial charge in [0.05, 0.1) is 12.6 Å². The molecule has 10 nitrogen and oxygen atoms in total. The highest BCUT2D eigenvalue weighted by Gasteiger charge is 2.30. The third kappa shape index (κ3) is 10.7. The molecule has 0 heterocycles. The van der Waals surface area contributed by atoms with E-state index in [1.165, 1.54) is 11.8 Å². The maximum atomic E-state index is 12.5. The van der Waals surface area contributed by atoms with Gasteiger partial charge in [-0.25, -0.2) is 4.79 Å². The number of thiol groups is 1. The van der Waals surface area contributed by atoms with Crippen LogP contribution >= 0.6 is 24.4 Å². The van der Waals surface area contributed by atoms with Crippen LogP contribution in [0.2, 0.25) is 0 Å². The average Bonchev–Trinajstić information content (AvgIpc) is 2.66. The molecule has 7 N–H and O–H groups in total. The van der Waals surface area contributed by atoms with Gasteiger partial charge in [-0.05, 0) is 30.8 Å². The van der Waals surface area contributed by atoms with Crippen molar-refractivity contribution >= 4 is 48.1 Å². The number of hydrogen-bond acceptors (Lipinski definition) is 8. The fraction of sp³-hybridized carbons (Fsp3) is 0.765. The van der Waals surface area contributed by atoms with Crippen molar-refractivity contribution in [2.45, 2.75) is 50.9 Å². The zero-order chi connectivity index (χ0) is 22.6. The molecule has 0 aromatic heterocycles. The second-order valence-electron chi connectivity index (χ2n) is 6.90. The zero-order valence-electron chi connectivity index (χ0n) is 16.9. The molecule has 0 saturated heterocycles. The van der Waals surface area contributed by atoms with Crippen LogP contribution in [0.4, 0.5) is 0 Å². The van der Waals surface area contributed by atoms with Crippen LogP contribution in [0.5, 0.6) is 0 Å². The van der Waals surface area contributed by atoms with Gasteiger partial charge in [-0.15, -0.1) is 0 Å². The van der Waals surface area contributed by atoms with E-state index >= 15 is 0 Å². The summed E-state index contributed by atoms with van der Waals surface area (Å²) in [5.41, 5.74) is 5.75. The van der Waals surface area contributed by atoms with Crippen molar-refractivity contribution in [3.63, 3.8) is 0 Å². The number of carboxylic acids is 1. The first-order chi connectivity index (χ1) is 13.6. The van der Waals surface area contributed by atoms with Gasteiger partial charge in [-0.3, -0.25) is 14.4 Å². The number of aliphatic hydroxyl groups is 1. The lowest BCUT2D eigenvalue weighted by Gasteiger charge is -2.25. The Hall–Kier alpha value is -1.50. The maximum Gasteiger partial charge on any atom is 0.327 e. The van der Waals surface area contributed by atoms with E-state index in [1.807, 2.05) is 20.1 Å². The Kier molecular flexibility index (Phi) is 13.7. The monoisotopic (exact) mass is 452 g/mol. The van der Waals surface area contributed by atoms with Gasteiger partial charge < -0.3 is 31.9 Å². The van der Waals surface area contributed by atoms with Gasteiger partial charge in [0.1, 0.15) is 18.1 Å². The molecule has 0 radical (unpaired) electrons. The topological polar surface area (TPSA) is 171 Å². The molecular formula is C17H32N4O6S2. The van der Waals surface area contributed by atoms with E-state index in [-0.39, 0.29) is 18.1 Å². The molecule has 12 heteroatoms. The fourth-order valence-electron chi connectivity index (χ4n) is 2.28. The Balaban J connectivity index is 5.10. The van der Waals surface area contributed by atoms with Crippen LogP contribution in [-0.2, 0) is 19.2 Å². The number of thioether (sulfide) groups is 1. The molecule has 0 aromatic rings. The maximum absolute atomic E-state index is 12.5. The molecule has 4 atom stereocenters. The number of hydrogen-bond donors (Lipinski definition) is 7. The van der Waals surface area contributed by atoms with Gasteiger partial charge in [0, 0.05) is 5.75 Å². The number of nitrogens with one attached hydrogen (secondary N) is 3. The quantitative estimate of drug-likeness (QED) is 0.157. The molecule has 0 rings (SSSR count). The molecule has 168 valence electrons. The van der Waals surface area contributed by atoms with E-state index in [1.54, 1.807) is 0 Å². The summed E-state index contributed by atoms with van der Waals surface area (Å²) in [4.78, 5) is 48.1. The van der Waals surface area contributed by atoms with Crippen molar-refractivity contribution in [1.82, 2.24) is 16.0 Å². The summed E-state index contributed by atoms with van der Waals surface area (Å²) in [5.74, 6) is -2.73. The molecular weight excluding hydrogens is 420 g/mol. The largest absolute Gasteiger partial charge is 0.480 e. The van der Waals surface area contributed by atoms with Crippen LogP contribution in [-0.4, -0.2) is 82.4 Å². The summed E-state index contributed by atoms with van der Waals surface area (Å²) in [6, 6.07) is -4.36. The molecule has 3 amide bonds. The third-order valence-electron chi connectivity index (χ3n) is 3.92. The van der Waals surface area contributed by atoms with E-state index in [2.05, 4.69) is 28.6 Å². The lowest BCUT2D eigenvalue weighted by atomic mass is 10.0. The van der Waals surface area contributed by atoms with Gasteiger partial charge in [-0.1, -0.05) is 13.8 Å². The Labute approximate surface area is 180 Å². The standard InChI is InChI=1S/C17H32N4O6S2/c1-9(2)6-11(15(24)21-13(8-28)17(26)27)19-16(25)12(7-22)20-14(23)10(18)4-5-29-3/h9-13,22,28H,4-8,18H2,1-3H3,(H,19,25)(H,20,23)(H,21,24)(H,26,27). The van der Waals surface area contributed by atoms with Gasteiger partial charge in [0.15, 0.2) is 0 Å². The molecule has 0 aliphatic rings. The van der Waals surface area contributed by atoms with Gasteiger partial charge in [0.25, 0.3) is 0 Å². The van der Waals surface area contributed by atoms with Gasteiger partial charge in [-0.2, -0.15) is 24.4 Å². The summed E-state index contributed by atoms with van der Waals surface area (Å²) < 4.78 is 0. The van der Waals surface area contributed by atoms with Crippen molar-refractivity contribution in [3.05, 3.63) is 0 Å². The highest BCUT2D eigenvalue weighted by Crippen LogP contribution is 2.07. The number of amides is 3. The van der Waals surface area contributed by atoms with Gasteiger partial charge >= 0.3 is 5.97 Å². The van der Waals surface area contributed by atoms with Crippen molar-refractivity contribution < 1.29 is 29.4 Å². The first-order valence-electron chi connectivity index (χ1n) is 9.17. The predicted molar refractivity (Wildman–Crippen MR) is 115 cm³/mol. The Morgan fingerprint density at radius 3 is 1.97 bits per heavy atom. The fourth-order valence-corrected chi connectivity index (χ4v) is 3.02. The predicted octanol–water partition coefficient (Wildman–Crippen LogP) is -1.43. The smallest absolute Gasteiger partial charge is 0.327 e. The number of rotatable bonds is 14. The minimum Gasteiger partial charge on any atom is -0.480 e. The van der Waals surface area contributed by atoms with Crippen LogP contribution in [0, 0.1) is 5.92 Å². The van der Waals surface area contributed by atoms with E-state index in [0.29, 0.717) is 12.2 Å². The molecule has 0 bridgehead atoms. The summed E-state index contributed by atoms with van der Waals surface area (Å²) >= 11 is 5.41. The average molecular weight is 453 g/mol. The molecule has 0 fully saturated rings. The lowest BCUT2D eigenvalue weighted by molar-refractivity contribution is -0.141. The second-order valence-corrected chi connectivity index (χ2v) is 8.26. The highest BCUT2D eigenvalue weighted by molar-refractivity contribution is 7.98. The number of carboxylic acid groups (broad SMARTS) is 1. The van der Waals surface area contributed by atoms with Crippen LogP contribution < -0.4 is 21.7 Å². The van der Waals surface area contributed by atoms with Gasteiger partial charge in [0.2, 0.25) is 17.7 Å². The van der Waals surface area contributed by atoms with E-state index < -0.39 is 54.5 Å². The summed E-state index contributed by atoms with van der Waals surface area (Å²) in [6.07, 6.45) is 2.51. The van der Waals surface area contributed by atoms with E-state index in [4.69, 9.17) is 10.8 Å². The Morgan fingerprint density at radius 2 is 1.52 bits per heavy atom. The number of carbonyl (C=O) groups is 4. The zero-order valence-corrected chi connectivity index (χ0v) is 18.6. The highest BCUT2D eigenvalue weighted by atomic mass is 32.2. The Bertz CT molecular complexity index is 564. The van der Waals surface area contributed by atoms with E-state index in [9.17, 15) is 24.3 Å². The summed E-state index contributed by atoms with van der Waals surface area (Å²) in [6.45, 7) is 2.98. The SMILES string of the molecule is CSCCC(N)C(=O)NC(CO)C(=O)NC(CC(C)C)C(=O)NC(CS)C(=O)O. The van der Waals surface area contributed by atoms with Crippen molar-refractivity contribution in [1.29, 1.82) is 0 Å². The summed E-state index contributed by atoms with van der Waals surface area (Å²) in [5, 5.41) is 25.7. The molecule has 0 spiro atoms. The number of aliphatic hydroxyl groups excluding tert-OH is 1. The van der Waals surface area contributed by atoms with Crippen molar-refractivity contribution in [2.24, 2.45) is 11.7 Å². The molecule has 0 aliphatic heterocycles. The number of nitrogens with two attached hydrogens (primary N) is 1. The molecule has 4 unspecified atom stereocenters. The molecule has 0 aliphatic carbocycles. The van der Waals surface area contributed by atoms with Crippen LogP contribution in [0.1, 0.15) is 26.7 Å². The van der Waals surface area contributed by atoms with Crippen LogP contribution in [0.25, 0.3) is 0 Å². The molecule has 29 heavy (non-hydrogen) atoms. The minimum absolute atomic E-state index is 0.00691. The first kappa shape index (κ1) is 27.5. The van der Waals surface area contributed by atoms with E-state index in [0.717, 1.165) is 0 Å². The van der Waals surface area contributed by atoms with Crippen LogP contribution in [0.3, 0.4) is 0 Å². The number of aliphatic carboxylic acids is 1. The first-order valence-corrected chi connectivity index (χ1v) is 11.2. The van der Waals surface area contributed by atoms with Crippen LogP contribution in [0.15, 0.2) is 0 Å². The molecule has 0 saturated carbocycles. The third-order valence-corrected chi connectivity index (χ3v) is 4.93. The minimum atomic E-state index is -1.29. The second kappa shape index (κ2) is 14.5. The molecule has 0 aromatic carbocycles. The number of carbonyl (C=O) groups excluding carboxylic acids is 3.